The molecule has 0 bridgehead atoms. The standard InChI is InChI=1S/C14H19NS/c1-11-5-6-12-13(9-11)16-14(10-15-12)7-3-2-4-8-14/h5-6,9,15H,2-4,7-8,10H2,1H3. The second kappa shape index (κ2) is 3.99. The largest absolute Gasteiger partial charge is 0.383 e. The molecule has 3 rings (SSSR count). The zero-order valence-corrected chi connectivity index (χ0v) is 10.7. The van der Waals surface area contributed by atoms with Crippen LogP contribution < -0.4 is 5.32 Å². The van der Waals surface area contributed by atoms with E-state index < -0.39 is 0 Å². The molecule has 1 nitrogen and oxygen atoms in total. The summed E-state index contributed by atoms with van der Waals surface area (Å²) in [4.78, 5) is 1.47. The lowest BCUT2D eigenvalue weighted by Crippen LogP contribution is -2.38. The van der Waals surface area contributed by atoms with Crippen molar-refractivity contribution >= 4 is 17.4 Å². The summed E-state index contributed by atoms with van der Waals surface area (Å²) in [7, 11) is 0. The van der Waals surface area contributed by atoms with E-state index in [0.717, 1.165) is 6.54 Å². The first-order valence-corrected chi connectivity index (χ1v) is 7.13. The van der Waals surface area contributed by atoms with Crippen molar-refractivity contribution in [2.75, 3.05) is 11.9 Å². The lowest BCUT2D eigenvalue weighted by molar-refractivity contribution is 0.408. The van der Waals surface area contributed by atoms with E-state index >= 15 is 0 Å². The molecule has 0 aromatic heterocycles. The van der Waals surface area contributed by atoms with E-state index in [1.165, 1.54) is 48.3 Å². The van der Waals surface area contributed by atoms with Crippen LogP contribution in [-0.2, 0) is 0 Å². The van der Waals surface area contributed by atoms with Gasteiger partial charge in [0.25, 0.3) is 0 Å². The van der Waals surface area contributed by atoms with Crippen molar-refractivity contribution in [2.24, 2.45) is 0 Å². The van der Waals surface area contributed by atoms with Crippen LogP contribution >= 0.6 is 11.8 Å². The molecular formula is C14H19NS. The predicted molar refractivity (Wildman–Crippen MR) is 71.3 cm³/mol. The molecule has 0 radical (unpaired) electrons. The maximum absolute atomic E-state index is 3.63. The quantitative estimate of drug-likeness (QED) is 0.720. The summed E-state index contributed by atoms with van der Waals surface area (Å²) in [6.45, 7) is 3.34. The average molecular weight is 233 g/mol. The summed E-state index contributed by atoms with van der Waals surface area (Å²) >= 11 is 2.13. The van der Waals surface area contributed by atoms with Crippen LogP contribution in [0.4, 0.5) is 5.69 Å². The van der Waals surface area contributed by atoms with E-state index in [0.29, 0.717) is 4.75 Å². The van der Waals surface area contributed by atoms with Crippen LogP contribution in [0.2, 0.25) is 0 Å². The molecular weight excluding hydrogens is 214 g/mol. The molecule has 86 valence electrons. The normalized spacial score (nSPS) is 22.6. The Labute approximate surface area is 102 Å². The zero-order valence-electron chi connectivity index (χ0n) is 9.88. The number of anilines is 1. The van der Waals surface area contributed by atoms with Crippen molar-refractivity contribution in [1.82, 2.24) is 0 Å². The highest BCUT2D eigenvalue weighted by Crippen LogP contribution is 2.49. The highest BCUT2D eigenvalue weighted by Gasteiger charge is 2.36. The SMILES string of the molecule is Cc1ccc2c(c1)SC1(CCCCC1)CN2. The lowest BCUT2D eigenvalue weighted by atomic mass is 9.88. The monoisotopic (exact) mass is 233 g/mol. The summed E-state index contributed by atoms with van der Waals surface area (Å²) in [6, 6.07) is 6.77. The number of rotatable bonds is 0. The lowest BCUT2D eigenvalue weighted by Gasteiger charge is -2.41. The summed E-state index contributed by atoms with van der Waals surface area (Å²) in [6.07, 6.45) is 7.03. The van der Waals surface area contributed by atoms with Crippen molar-refractivity contribution in [3.63, 3.8) is 0 Å². The average Bonchev–Trinajstić information content (AvgIpc) is 2.29. The maximum Gasteiger partial charge on any atom is 0.0479 e. The van der Waals surface area contributed by atoms with Crippen LogP contribution in [0.1, 0.15) is 37.7 Å². The molecule has 1 aromatic carbocycles. The van der Waals surface area contributed by atoms with Gasteiger partial charge in [0.2, 0.25) is 0 Å². The first-order chi connectivity index (χ1) is 7.77. The van der Waals surface area contributed by atoms with Gasteiger partial charge in [-0.1, -0.05) is 25.3 Å². The fraction of sp³-hybridized carbons (Fsp3) is 0.571. The van der Waals surface area contributed by atoms with Gasteiger partial charge in [0.05, 0.1) is 0 Å². The number of nitrogens with one attached hydrogen (secondary N) is 1. The zero-order chi connectivity index (χ0) is 11.0. The minimum Gasteiger partial charge on any atom is -0.383 e. The topological polar surface area (TPSA) is 12.0 Å². The van der Waals surface area contributed by atoms with Gasteiger partial charge in [-0.05, 0) is 37.5 Å². The summed E-state index contributed by atoms with van der Waals surface area (Å²) in [5, 5.41) is 3.63. The number of hydrogen-bond acceptors (Lipinski definition) is 2. The van der Waals surface area contributed by atoms with Crippen molar-refractivity contribution in [1.29, 1.82) is 0 Å². The van der Waals surface area contributed by atoms with Gasteiger partial charge in [0.15, 0.2) is 0 Å². The first-order valence-electron chi connectivity index (χ1n) is 6.31. The Morgan fingerprint density at radius 1 is 1.19 bits per heavy atom. The molecule has 0 unspecified atom stereocenters. The van der Waals surface area contributed by atoms with Gasteiger partial charge in [-0.2, -0.15) is 0 Å². The van der Waals surface area contributed by atoms with Gasteiger partial charge in [0.1, 0.15) is 0 Å². The molecule has 2 heteroatoms. The number of fused-ring (bicyclic) bond motifs is 1. The van der Waals surface area contributed by atoms with E-state index in [1.807, 2.05) is 0 Å². The summed E-state index contributed by atoms with van der Waals surface area (Å²) in [5.41, 5.74) is 2.72. The van der Waals surface area contributed by atoms with Gasteiger partial charge in [-0.25, -0.2) is 0 Å². The van der Waals surface area contributed by atoms with E-state index in [9.17, 15) is 0 Å². The Bertz CT molecular complexity index is 394. The second-order valence-electron chi connectivity index (χ2n) is 5.20. The molecule has 1 N–H and O–H groups in total. The smallest absolute Gasteiger partial charge is 0.0479 e. The van der Waals surface area contributed by atoms with Crippen LogP contribution in [0.3, 0.4) is 0 Å². The molecule has 0 saturated heterocycles. The van der Waals surface area contributed by atoms with Crippen LogP contribution in [0, 0.1) is 6.92 Å². The second-order valence-corrected chi connectivity index (χ2v) is 6.71. The molecule has 2 aliphatic rings. The number of aryl methyl sites for hydroxylation is 1. The fourth-order valence-electron chi connectivity index (χ4n) is 2.86. The number of benzene rings is 1. The minimum absolute atomic E-state index is 0.499. The molecule has 1 aromatic rings. The summed E-state index contributed by atoms with van der Waals surface area (Å²) in [5.74, 6) is 0. The molecule has 1 saturated carbocycles. The van der Waals surface area contributed by atoms with Crippen molar-refractivity contribution in [2.45, 2.75) is 48.7 Å². The van der Waals surface area contributed by atoms with Gasteiger partial charge in [0, 0.05) is 21.9 Å². The first kappa shape index (κ1) is 10.5. The fourth-order valence-corrected chi connectivity index (χ4v) is 4.46. The third-order valence-corrected chi connectivity index (χ3v) is 5.37. The molecule has 1 spiro atoms. The van der Waals surface area contributed by atoms with Gasteiger partial charge >= 0.3 is 0 Å². The van der Waals surface area contributed by atoms with E-state index in [1.54, 1.807) is 0 Å². The van der Waals surface area contributed by atoms with Gasteiger partial charge in [-0.3, -0.25) is 0 Å². The predicted octanol–water partition coefficient (Wildman–Crippen LogP) is 4.22. The molecule has 16 heavy (non-hydrogen) atoms. The third-order valence-electron chi connectivity index (χ3n) is 3.83. The van der Waals surface area contributed by atoms with E-state index in [2.05, 4.69) is 42.2 Å². The minimum atomic E-state index is 0.499. The Morgan fingerprint density at radius 2 is 2.00 bits per heavy atom. The van der Waals surface area contributed by atoms with Crippen LogP contribution in [-0.4, -0.2) is 11.3 Å². The van der Waals surface area contributed by atoms with Crippen LogP contribution in [0.15, 0.2) is 23.1 Å². The number of thioether (sulfide) groups is 1. The number of hydrogen-bond donors (Lipinski definition) is 1. The Morgan fingerprint density at radius 3 is 2.81 bits per heavy atom. The highest BCUT2D eigenvalue weighted by atomic mass is 32.2. The maximum atomic E-state index is 3.63. The Balaban J connectivity index is 1.89. The van der Waals surface area contributed by atoms with E-state index in [4.69, 9.17) is 0 Å². The Hall–Kier alpha value is -0.630. The van der Waals surface area contributed by atoms with Crippen LogP contribution in [0.25, 0.3) is 0 Å². The van der Waals surface area contributed by atoms with E-state index in [-0.39, 0.29) is 0 Å². The van der Waals surface area contributed by atoms with Gasteiger partial charge < -0.3 is 5.32 Å². The molecule has 0 amide bonds. The molecule has 1 aliphatic carbocycles. The molecule has 1 heterocycles. The Kier molecular flexibility index (Phi) is 2.62. The summed E-state index contributed by atoms with van der Waals surface area (Å²) < 4.78 is 0.499. The van der Waals surface area contributed by atoms with Crippen LogP contribution in [0.5, 0.6) is 0 Å². The molecule has 0 atom stereocenters. The van der Waals surface area contributed by atoms with Gasteiger partial charge in [-0.15, -0.1) is 11.8 Å². The van der Waals surface area contributed by atoms with Crippen molar-refractivity contribution in [3.8, 4) is 0 Å². The highest BCUT2D eigenvalue weighted by molar-refractivity contribution is 8.01. The van der Waals surface area contributed by atoms with Crippen molar-refractivity contribution < 1.29 is 0 Å². The van der Waals surface area contributed by atoms with Crippen molar-refractivity contribution in [3.05, 3.63) is 23.8 Å². The third kappa shape index (κ3) is 1.84. The molecule has 1 aliphatic heterocycles. The molecule has 1 fully saturated rings.